The van der Waals surface area contributed by atoms with Crippen LogP contribution in [-0.4, -0.2) is 25.0 Å². The summed E-state index contributed by atoms with van der Waals surface area (Å²) in [5, 5.41) is 14.9. The Kier molecular flexibility index (Phi) is 8.69. The van der Waals surface area contributed by atoms with E-state index in [1.54, 1.807) is 6.07 Å². The van der Waals surface area contributed by atoms with E-state index in [0.29, 0.717) is 5.56 Å². The van der Waals surface area contributed by atoms with E-state index in [-0.39, 0.29) is 29.4 Å². The summed E-state index contributed by atoms with van der Waals surface area (Å²) in [5.41, 5.74) is 3.11. The number of ketones is 1. The molecule has 2 aromatic rings. The highest BCUT2D eigenvalue weighted by Crippen LogP contribution is 2.34. The number of benzene rings is 1. The standard InChI is InChI=1S/C17H20O2S.C2H7N.ClH/c1-10-6-14(20-9-10)16(19)12-7-11(2)15(18)13(8-12)17(3,4)5;1-3-2;/h6-9,18H,1-5H3;3H,1-2H3;1H. The van der Waals surface area contributed by atoms with Crippen LogP contribution in [0.3, 0.4) is 0 Å². The molecule has 5 heteroatoms. The zero-order chi connectivity index (χ0) is 17.8. The van der Waals surface area contributed by atoms with E-state index < -0.39 is 0 Å². The van der Waals surface area contributed by atoms with Crippen LogP contribution in [0.5, 0.6) is 5.75 Å². The molecule has 0 radical (unpaired) electrons. The number of aromatic hydroxyl groups is 1. The first-order valence-corrected chi connectivity index (χ1v) is 8.52. The average Bonchev–Trinajstić information content (AvgIpc) is 2.87. The van der Waals surface area contributed by atoms with Crippen molar-refractivity contribution in [2.45, 2.75) is 40.0 Å². The zero-order valence-corrected chi connectivity index (χ0v) is 17.1. The molecule has 0 unspecified atom stereocenters. The summed E-state index contributed by atoms with van der Waals surface area (Å²) in [4.78, 5) is 13.3. The first-order valence-electron chi connectivity index (χ1n) is 7.64. The van der Waals surface area contributed by atoms with Crippen LogP contribution >= 0.6 is 23.7 Å². The van der Waals surface area contributed by atoms with Crippen molar-refractivity contribution in [1.29, 1.82) is 0 Å². The van der Waals surface area contributed by atoms with Crippen LogP contribution in [0.4, 0.5) is 0 Å². The minimum absolute atomic E-state index is 0. The van der Waals surface area contributed by atoms with Crippen molar-refractivity contribution >= 4 is 29.5 Å². The first kappa shape index (κ1) is 22.6. The second-order valence-electron chi connectivity index (χ2n) is 6.76. The summed E-state index contributed by atoms with van der Waals surface area (Å²) in [6, 6.07) is 5.49. The van der Waals surface area contributed by atoms with E-state index in [2.05, 4.69) is 5.32 Å². The maximum atomic E-state index is 12.5. The molecule has 0 saturated carbocycles. The Morgan fingerprint density at radius 1 is 1.12 bits per heavy atom. The zero-order valence-electron chi connectivity index (χ0n) is 15.5. The number of phenolic OH excluding ortho intramolecular Hbond substituents is 1. The van der Waals surface area contributed by atoms with Crippen LogP contribution in [0, 0.1) is 13.8 Å². The molecule has 0 aliphatic heterocycles. The van der Waals surface area contributed by atoms with Gasteiger partial charge in [0.05, 0.1) is 4.88 Å². The molecule has 2 rings (SSSR count). The lowest BCUT2D eigenvalue weighted by Crippen LogP contribution is -2.13. The van der Waals surface area contributed by atoms with Crippen molar-refractivity contribution in [3.8, 4) is 5.75 Å². The van der Waals surface area contributed by atoms with E-state index >= 15 is 0 Å². The lowest BCUT2D eigenvalue weighted by Gasteiger charge is -2.22. The van der Waals surface area contributed by atoms with Gasteiger partial charge in [-0.1, -0.05) is 20.8 Å². The van der Waals surface area contributed by atoms with Crippen LogP contribution in [-0.2, 0) is 5.41 Å². The van der Waals surface area contributed by atoms with Gasteiger partial charge in [-0.05, 0) is 68.1 Å². The highest BCUT2D eigenvalue weighted by molar-refractivity contribution is 7.12. The molecular formula is C19H28ClNO2S. The van der Waals surface area contributed by atoms with Gasteiger partial charge in [0.25, 0.3) is 0 Å². The van der Waals surface area contributed by atoms with Crippen molar-refractivity contribution in [3.05, 3.63) is 50.7 Å². The Balaban J connectivity index is 0.00000123. The molecule has 0 aliphatic carbocycles. The van der Waals surface area contributed by atoms with Gasteiger partial charge in [-0.2, -0.15) is 0 Å². The van der Waals surface area contributed by atoms with Gasteiger partial charge < -0.3 is 10.4 Å². The number of hydrogen-bond acceptors (Lipinski definition) is 4. The van der Waals surface area contributed by atoms with Gasteiger partial charge in [0, 0.05) is 11.1 Å². The summed E-state index contributed by atoms with van der Waals surface area (Å²) in [5.74, 6) is 0.313. The lowest BCUT2D eigenvalue weighted by atomic mass is 9.83. The molecule has 134 valence electrons. The molecule has 2 N–H and O–H groups in total. The third kappa shape index (κ3) is 5.62. The Bertz CT molecular complexity index is 687. The predicted molar refractivity (Wildman–Crippen MR) is 106 cm³/mol. The number of rotatable bonds is 2. The van der Waals surface area contributed by atoms with Crippen molar-refractivity contribution in [2.75, 3.05) is 14.1 Å². The summed E-state index contributed by atoms with van der Waals surface area (Å²) < 4.78 is 0. The van der Waals surface area contributed by atoms with Crippen molar-refractivity contribution < 1.29 is 9.90 Å². The Morgan fingerprint density at radius 3 is 2.08 bits per heavy atom. The average molecular weight is 370 g/mol. The largest absolute Gasteiger partial charge is 0.507 e. The lowest BCUT2D eigenvalue weighted by molar-refractivity contribution is 0.104. The number of thiophene rings is 1. The Morgan fingerprint density at radius 2 is 1.67 bits per heavy atom. The number of carbonyl (C=O) groups is 1. The van der Waals surface area contributed by atoms with E-state index in [0.717, 1.165) is 21.6 Å². The predicted octanol–water partition coefficient (Wildman–Crippen LogP) is 4.86. The van der Waals surface area contributed by atoms with E-state index in [4.69, 9.17) is 0 Å². The molecule has 1 heterocycles. The number of carbonyl (C=O) groups excluding carboxylic acids is 1. The van der Waals surface area contributed by atoms with Gasteiger partial charge in [-0.3, -0.25) is 4.79 Å². The van der Waals surface area contributed by atoms with Gasteiger partial charge in [0.2, 0.25) is 5.78 Å². The minimum atomic E-state index is -0.198. The fraction of sp³-hybridized carbons (Fsp3) is 0.421. The fourth-order valence-corrected chi connectivity index (χ4v) is 3.03. The fourth-order valence-electron chi connectivity index (χ4n) is 2.17. The van der Waals surface area contributed by atoms with Crippen molar-refractivity contribution in [1.82, 2.24) is 5.32 Å². The number of hydrogen-bond donors (Lipinski definition) is 2. The summed E-state index contributed by atoms with van der Waals surface area (Å²) in [6.45, 7) is 9.91. The SMILES string of the molecule is CNC.Cc1csc(C(=O)c2cc(C)c(O)c(C(C)(C)C)c2)c1.Cl. The van der Waals surface area contributed by atoms with Crippen LogP contribution in [0.2, 0.25) is 0 Å². The van der Waals surface area contributed by atoms with Gasteiger partial charge in [0.1, 0.15) is 5.75 Å². The van der Waals surface area contributed by atoms with Crippen molar-refractivity contribution in [2.24, 2.45) is 0 Å². The summed E-state index contributed by atoms with van der Waals surface area (Å²) >= 11 is 1.46. The molecule has 0 spiro atoms. The maximum absolute atomic E-state index is 12.5. The third-order valence-corrected chi connectivity index (χ3v) is 4.37. The molecular weight excluding hydrogens is 342 g/mol. The van der Waals surface area contributed by atoms with Gasteiger partial charge in [-0.25, -0.2) is 0 Å². The number of nitrogens with one attached hydrogen (secondary N) is 1. The molecule has 0 bridgehead atoms. The van der Waals surface area contributed by atoms with Crippen LogP contribution in [0.25, 0.3) is 0 Å². The topological polar surface area (TPSA) is 49.3 Å². The van der Waals surface area contributed by atoms with Gasteiger partial charge >= 0.3 is 0 Å². The second kappa shape index (κ2) is 9.21. The molecule has 0 saturated heterocycles. The smallest absolute Gasteiger partial charge is 0.202 e. The van der Waals surface area contributed by atoms with Gasteiger partial charge in [-0.15, -0.1) is 23.7 Å². The summed E-state index contributed by atoms with van der Waals surface area (Å²) in [7, 11) is 3.75. The molecule has 1 aromatic carbocycles. The molecule has 1 aromatic heterocycles. The molecule has 24 heavy (non-hydrogen) atoms. The first-order chi connectivity index (χ1) is 10.6. The number of aryl methyl sites for hydroxylation is 2. The Hall–Kier alpha value is -1.36. The molecule has 0 atom stereocenters. The molecule has 0 amide bonds. The highest BCUT2D eigenvalue weighted by Gasteiger charge is 2.22. The second-order valence-corrected chi connectivity index (χ2v) is 7.67. The quantitative estimate of drug-likeness (QED) is 0.743. The van der Waals surface area contributed by atoms with Crippen molar-refractivity contribution in [3.63, 3.8) is 0 Å². The van der Waals surface area contributed by atoms with E-state index in [1.807, 2.05) is 66.2 Å². The molecule has 0 aliphatic rings. The maximum Gasteiger partial charge on any atom is 0.202 e. The van der Waals surface area contributed by atoms with Crippen LogP contribution in [0.15, 0.2) is 23.6 Å². The highest BCUT2D eigenvalue weighted by atomic mass is 35.5. The third-order valence-electron chi connectivity index (χ3n) is 3.33. The number of phenols is 1. The van der Waals surface area contributed by atoms with E-state index in [9.17, 15) is 9.90 Å². The van der Waals surface area contributed by atoms with E-state index in [1.165, 1.54) is 11.3 Å². The van der Waals surface area contributed by atoms with Crippen LogP contribution in [0.1, 0.15) is 52.7 Å². The van der Waals surface area contributed by atoms with Gasteiger partial charge in [0.15, 0.2) is 0 Å². The Labute approximate surface area is 155 Å². The molecule has 0 fully saturated rings. The minimum Gasteiger partial charge on any atom is -0.507 e. The normalized spacial score (nSPS) is 10.5. The summed E-state index contributed by atoms with van der Waals surface area (Å²) in [6.07, 6.45) is 0. The molecule has 3 nitrogen and oxygen atoms in total. The monoisotopic (exact) mass is 369 g/mol. The van der Waals surface area contributed by atoms with Crippen LogP contribution < -0.4 is 5.32 Å². The number of halogens is 1.